The van der Waals surface area contributed by atoms with E-state index in [1.165, 1.54) is 10.6 Å². The van der Waals surface area contributed by atoms with Gasteiger partial charge in [0, 0.05) is 42.0 Å². The van der Waals surface area contributed by atoms with Gasteiger partial charge in [0.2, 0.25) is 10.0 Å². The summed E-state index contributed by atoms with van der Waals surface area (Å²) in [7, 11) is 0.0935. The molecule has 1 aliphatic heterocycles. The Labute approximate surface area is 170 Å². The molecule has 7 nitrogen and oxygen atoms in total. The van der Waals surface area contributed by atoms with Crippen LogP contribution in [-0.2, 0) is 10.0 Å². The summed E-state index contributed by atoms with van der Waals surface area (Å²) in [5, 5.41) is 0.984. The number of nitrogens with one attached hydrogen (secondary N) is 1. The van der Waals surface area contributed by atoms with Crippen LogP contribution in [0.15, 0.2) is 42.6 Å². The Morgan fingerprint density at radius 1 is 1.10 bits per heavy atom. The first-order valence-corrected chi connectivity index (χ1v) is 11.1. The first-order chi connectivity index (χ1) is 13.9. The van der Waals surface area contributed by atoms with Crippen LogP contribution in [0.25, 0.3) is 27.7 Å². The summed E-state index contributed by atoms with van der Waals surface area (Å²) in [6, 6.07) is 9.77. The molecule has 2 aromatic heterocycles. The zero-order valence-corrected chi connectivity index (χ0v) is 17.4. The lowest BCUT2D eigenvalue weighted by molar-refractivity contribution is 0.395. The molecule has 29 heavy (non-hydrogen) atoms. The highest BCUT2D eigenvalue weighted by atomic mass is 32.2. The second-order valence-corrected chi connectivity index (χ2v) is 8.95. The third-order valence-electron chi connectivity index (χ3n) is 5.22. The van der Waals surface area contributed by atoms with E-state index in [1.807, 2.05) is 30.3 Å². The smallest absolute Gasteiger partial charge is 0.211 e. The van der Waals surface area contributed by atoms with Crippen molar-refractivity contribution < 1.29 is 17.9 Å². The lowest BCUT2D eigenvalue weighted by Crippen LogP contribution is -2.33. The van der Waals surface area contributed by atoms with Crippen molar-refractivity contribution in [1.82, 2.24) is 14.3 Å². The second kappa shape index (κ2) is 7.53. The Hall–Kier alpha value is -2.84. The molecule has 0 fully saturated rings. The minimum absolute atomic E-state index is 0.385. The standard InChI is InChI=1S/C21H23N3O4S/c1-27-15-4-5-17(20(12-15)28-2)16-6-9-22-21-18(16)13-19(23-21)14-7-10-24(11-8-14)29(3,25)26/h4-7,9,12-13H,8,10-11H2,1-3H3,(H,22,23). The molecule has 1 aromatic carbocycles. The molecule has 0 amide bonds. The summed E-state index contributed by atoms with van der Waals surface area (Å²) < 4.78 is 35.8. The topological polar surface area (TPSA) is 84.5 Å². The summed E-state index contributed by atoms with van der Waals surface area (Å²) in [4.78, 5) is 7.85. The first-order valence-electron chi connectivity index (χ1n) is 9.25. The molecule has 3 aromatic rings. The van der Waals surface area contributed by atoms with Gasteiger partial charge in [-0.15, -0.1) is 0 Å². The minimum Gasteiger partial charge on any atom is -0.497 e. The molecule has 0 saturated carbocycles. The Kier molecular flexibility index (Phi) is 5.06. The predicted octanol–water partition coefficient (Wildman–Crippen LogP) is 3.30. The summed E-state index contributed by atoms with van der Waals surface area (Å²) in [5.74, 6) is 1.45. The molecule has 3 heterocycles. The summed E-state index contributed by atoms with van der Waals surface area (Å²) in [6.07, 6.45) is 5.62. The number of H-pyrrole nitrogens is 1. The normalized spacial score (nSPS) is 15.3. The maximum Gasteiger partial charge on any atom is 0.211 e. The van der Waals surface area contributed by atoms with E-state index in [0.29, 0.717) is 19.5 Å². The molecule has 152 valence electrons. The van der Waals surface area contributed by atoms with Crippen molar-refractivity contribution in [2.45, 2.75) is 6.42 Å². The van der Waals surface area contributed by atoms with Crippen LogP contribution in [0.3, 0.4) is 0 Å². The van der Waals surface area contributed by atoms with Gasteiger partial charge in [0.15, 0.2) is 0 Å². The van der Waals surface area contributed by atoms with Gasteiger partial charge < -0.3 is 14.5 Å². The van der Waals surface area contributed by atoms with E-state index in [9.17, 15) is 8.42 Å². The average Bonchev–Trinajstić information content (AvgIpc) is 3.17. The Morgan fingerprint density at radius 2 is 1.93 bits per heavy atom. The highest BCUT2D eigenvalue weighted by Crippen LogP contribution is 2.38. The summed E-state index contributed by atoms with van der Waals surface area (Å²) >= 11 is 0. The van der Waals surface area contributed by atoms with Crippen LogP contribution < -0.4 is 9.47 Å². The minimum atomic E-state index is -3.17. The highest BCUT2D eigenvalue weighted by molar-refractivity contribution is 7.88. The number of ether oxygens (including phenoxy) is 2. The molecule has 0 saturated heterocycles. The monoisotopic (exact) mass is 413 g/mol. The molecular weight excluding hydrogens is 390 g/mol. The molecule has 4 rings (SSSR count). The Morgan fingerprint density at radius 3 is 2.59 bits per heavy atom. The SMILES string of the molecule is COc1ccc(-c2ccnc3[nH]c(C4=CCN(S(C)(=O)=O)CC4)cc23)c(OC)c1. The number of hydrogen-bond donors (Lipinski definition) is 1. The fraction of sp³-hybridized carbons (Fsp3) is 0.286. The second-order valence-electron chi connectivity index (χ2n) is 6.97. The van der Waals surface area contributed by atoms with E-state index in [0.717, 1.165) is 44.9 Å². The number of aromatic amines is 1. The maximum atomic E-state index is 11.7. The summed E-state index contributed by atoms with van der Waals surface area (Å²) in [6.45, 7) is 0.864. The third-order valence-corrected chi connectivity index (χ3v) is 6.49. The molecule has 0 radical (unpaired) electrons. The number of fused-ring (bicyclic) bond motifs is 1. The summed E-state index contributed by atoms with van der Waals surface area (Å²) in [5.41, 5.74) is 4.79. The number of sulfonamides is 1. The van der Waals surface area contributed by atoms with Crippen molar-refractivity contribution in [3.05, 3.63) is 48.3 Å². The lowest BCUT2D eigenvalue weighted by atomic mass is 10.0. The van der Waals surface area contributed by atoms with Gasteiger partial charge in [-0.05, 0) is 41.8 Å². The fourth-order valence-corrected chi connectivity index (χ4v) is 4.42. The number of nitrogens with zero attached hydrogens (tertiary/aromatic N) is 2. The van der Waals surface area contributed by atoms with Crippen molar-refractivity contribution in [1.29, 1.82) is 0 Å². The molecule has 0 unspecified atom stereocenters. The van der Waals surface area contributed by atoms with E-state index in [2.05, 4.69) is 16.0 Å². The van der Waals surface area contributed by atoms with Gasteiger partial charge in [0.25, 0.3) is 0 Å². The molecule has 0 spiro atoms. The lowest BCUT2D eigenvalue weighted by Gasteiger charge is -2.23. The zero-order chi connectivity index (χ0) is 20.6. The number of rotatable bonds is 5. The third kappa shape index (κ3) is 3.73. The van der Waals surface area contributed by atoms with Gasteiger partial charge in [0.05, 0.1) is 20.5 Å². The quantitative estimate of drug-likeness (QED) is 0.694. The maximum absolute atomic E-state index is 11.7. The van der Waals surface area contributed by atoms with Gasteiger partial charge in [-0.1, -0.05) is 6.08 Å². The van der Waals surface area contributed by atoms with E-state index in [4.69, 9.17) is 9.47 Å². The Bertz CT molecular complexity index is 1200. The highest BCUT2D eigenvalue weighted by Gasteiger charge is 2.21. The van der Waals surface area contributed by atoms with Gasteiger partial charge in [-0.25, -0.2) is 13.4 Å². The number of aromatic nitrogens is 2. The van der Waals surface area contributed by atoms with E-state index < -0.39 is 10.0 Å². The van der Waals surface area contributed by atoms with E-state index in [1.54, 1.807) is 20.4 Å². The van der Waals surface area contributed by atoms with Crippen LogP contribution in [-0.4, -0.2) is 56.3 Å². The molecule has 0 bridgehead atoms. The van der Waals surface area contributed by atoms with Gasteiger partial charge in [-0.2, -0.15) is 4.31 Å². The van der Waals surface area contributed by atoms with Gasteiger partial charge in [-0.3, -0.25) is 0 Å². The van der Waals surface area contributed by atoms with E-state index in [-0.39, 0.29) is 0 Å². The number of pyridine rings is 1. The number of methoxy groups -OCH3 is 2. The molecule has 0 aliphatic carbocycles. The zero-order valence-electron chi connectivity index (χ0n) is 16.6. The fourth-order valence-electron chi connectivity index (χ4n) is 3.65. The molecule has 1 aliphatic rings. The molecule has 0 atom stereocenters. The predicted molar refractivity (Wildman–Crippen MR) is 114 cm³/mol. The number of hydrogen-bond acceptors (Lipinski definition) is 5. The van der Waals surface area contributed by atoms with Gasteiger partial charge >= 0.3 is 0 Å². The van der Waals surface area contributed by atoms with Crippen LogP contribution in [0, 0.1) is 0 Å². The van der Waals surface area contributed by atoms with Crippen LogP contribution in [0.4, 0.5) is 0 Å². The molecular formula is C21H23N3O4S. The van der Waals surface area contributed by atoms with Crippen molar-refractivity contribution in [2.75, 3.05) is 33.6 Å². The largest absolute Gasteiger partial charge is 0.497 e. The first kappa shape index (κ1) is 19.5. The molecule has 8 heteroatoms. The van der Waals surface area contributed by atoms with Crippen molar-refractivity contribution in [2.24, 2.45) is 0 Å². The van der Waals surface area contributed by atoms with Crippen LogP contribution >= 0.6 is 0 Å². The van der Waals surface area contributed by atoms with Crippen molar-refractivity contribution in [3.8, 4) is 22.6 Å². The van der Waals surface area contributed by atoms with Crippen LogP contribution in [0.5, 0.6) is 11.5 Å². The number of benzene rings is 1. The van der Waals surface area contributed by atoms with Crippen molar-refractivity contribution in [3.63, 3.8) is 0 Å². The van der Waals surface area contributed by atoms with Crippen LogP contribution in [0.2, 0.25) is 0 Å². The van der Waals surface area contributed by atoms with Crippen LogP contribution in [0.1, 0.15) is 12.1 Å². The van der Waals surface area contributed by atoms with E-state index >= 15 is 0 Å². The Balaban J connectivity index is 1.75. The average molecular weight is 413 g/mol. The molecule has 1 N–H and O–H groups in total. The van der Waals surface area contributed by atoms with Crippen molar-refractivity contribution >= 4 is 26.6 Å². The van der Waals surface area contributed by atoms with Gasteiger partial charge in [0.1, 0.15) is 17.1 Å².